The van der Waals surface area contributed by atoms with Crippen LogP contribution in [0.25, 0.3) is 0 Å². The van der Waals surface area contributed by atoms with Crippen LogP contribution >= 0.6 is 0 Å². The fourth-order valence-electron chi connectivity index (χ4n) is 2.60. The largest absolute Gasteiger partial charge is 0.481 e. The van der Waals surface area contributed by atoms with E-state index in [1.165, 1.54) is 6.08 Å². The summed E-state index contributed by atoms with van der Waals surface area (Å²) in [6, 6.07) is 0. The maximum absolute atomic E-state index is 12.6. The minimum atomic E-state index is -0.814. The molecule has 0 saturated carbocycles. The number of hydrogen-bond acceptors (Lipinski definition) is 8. The number of likely N-dealkylation sites (N-methyl/N-ethyl adjacent to an activating group) is 1. The molecule has 0 saturated heterocycles. The van der Waals surface area contributed by atoms with Crippen molar-refractivity contribution in [3.8, 4) is 0 Å². The van der Waals surface area contributed by atoms with Crippen molar-refractivity contribution in [1.82, 2.24) is 0 Å². The Morgan fingerprint density at radius 2 is 1.66 bits per heavy atom. The number of quaternary nitrogens is 1. The molecule has 0 aromatic rings. The molecule has 2 unspecified atom stereocenters. The van der Waals surface area contributed by atoms with Crippen LogP contribution in [0.15, 0.2) is 12.0 Å². The first-order valence-electron chi connectivity index (χ1n) is 9.91. The van der Waals surface area contributed by atoms with Gasteiger partial charge in [-0.3, -0.25) is 9.59 Å². The summed E-state index contributed by atoms with van der Waals surface area (Å²) >= 11 is 0. The smallest absolute Gasteiger partial charge is 0.312 e. The molecular formula is C20H38NO8+. The number of carbonyl (C=O) groups is 2. The predicted octanol–water partition coefficient (Wildman–Crippen LogP) is 0.992. The Hall–Kier alpha value is -1.84. The van der Waals surface area contributed by atoms with Crippen molar-refractivity contribution in [2.75, 3.05) is 60.2 Å². The normalized spacial score (nSPS) is 15.3. The van der Waals surface area contributed by atoms with E-state index in [4.69, 9.17) is 24.4 Å². The topological polar surface area (TPSA) is 123 Å². The third kappa shape index (κ3) is 11.1. The first-order valence-corrected chi connectivity index (χ1v) is 9.91. The average Bonchev–Trinajstić information content (AvgIpc) is 2.68. The van der Waals surface area contributed by atoms with E-state index < -0.39 is 17.3 Å². The van der Waals surface area contributed by atoms with Gasteiger partial charge in [0.05, 0.1) is 44.7 Å². The highest BCUT2D eigenvalue weighted by Gasteiger charge is 2.37. The summed E-state index contributed by atoms with van der Waals surface area (Å²) in [5.41, 5.74) is -0.814. The van der Waals surface area contributed by atoms with Crippen molar-refractivity contribution in [1.29, 1.82) is 0 Å². The quantitative estimate of drug-likeness (QED) is 0.204. The van der Waals surface area contributed by atoms with Crippen molar-refractivity contribution >= 4 is 11.9 Å². The first-order chi connectivity index (χ1) is 13.5. The van der Waals surface area contributed by atoms with Crippen molar-refractivity contribution in [2.24, 2.45) is 11.3 Å². The summed E-state index contributed by atoms with van der Waals surface area (Å²) in [7, 11) is 3.84. The van der Waals surface area contributed by atoms with Crippen LogP contribution in [0.2, 0.25) is 0 Å². The predicted molar refractivity (Wildman–Crippen MR) is 107 cm³/mol. The van der Waals surface area contributed by atoms with E-state index in [9.17, 15) is 14.7 Å². The van der Waals surface area contributed by atoms with Crippen LogP contribution < -0.4 is 0 Å². The average molecular weight is 421 g/mol. The molecule has 29 heavy (non-hydrogen) atoms. The highest BCUT2D eigenvalue weighted by Crippen LogP contribution is 2.32. The second kappa shape index (κ2) is 13.4. The van der Waals surface area contributed by atoms with Crippen LogP contribution in [-0.4, -0.2) is 92.0 Å². The molecule has 9 nitrogen and oxygen atoms in total. The SMILES string of the molecule is CCC(C)(CC(C)C(=O)OCCO)C(=O)OCC[N+](C)(C)CC=C(O)OCCO. The summed E-state index contributed by atoms with van der Waals surface area (Å²) in [5, 5.41) is 27.0. The van der Waals surface area contributed by atoms with Gasteiger partial charge in [-0.15, -0.1) is 0 Å². The van der Waals surface area contributed by atoms with Crippen molar-refractivity contribution in [2.45, 2.75) is 33.6 Å². The van der Waals surface area contributed by atoms with Crippen LogP contribution in [0.3, 0.4) is 0 Å². The van der Waals surface area contributed by atoms with Crippen molar-refractivity contribution in [3.05, 3.63) is 12.0 Å². The zero-order valence-electron chi connectivity index (χ0n) is 18.3. The van der Waals surface area contributed by atoms with Crippen LogP contribution in [0.4, 0.5) is 0 Å². The van der Waals surface area contributed by atoms with Gasteiger partial charge in [0.2, 0.25) is 0 Å². The third-order valence-corrected chi connectivity index (χ3v) is 4.80. The minimum Gasteiger partial charge on any atom is -0.481 e. The first kappa shape index (κ1) is 27.2. The summed E-state index contributed by atoms with van der Waals surface area (Å²) in [4.78, 5) is 24.5. The zero-order valence-corrected chi connectivity index (χ0v) is 18.3. The molecule has 0 aromatic carbocycles. The van der Waals surface area contributed by atoms with Gasteiger partial charge in [-0.25, -0.2) is 0 Å². The molecule has 0 heterocycles. The third-order valence-electron chi connectivity index (χ3n) is 4.80. The van der Waals surface area contributed by atoms with Gasteiger partial charge in [0.25, 0.3) is 5.95 Å². The Labute approximate surface area is 173 Å². The molecule has 0 radical (unpaired) electrons. The van der Waals surface area contributed by atoms with E-state index in [1.54, 1.807) is 13.8 Å². The number of nitrogens with zero attached hydrogens (tertiary/aromatic N) is 1. The van der Waals surface area contributed by atoms with Gasteiger partial charge in [-0.1, -0.05) is 13.8 Å². The molecule has 9 heteroatoms. The highest BCUT2D eigenvalue weighted by atomic mass is 16.6. The summed E-state index contributed by atoms with van der Waals surface area (Å²) in [6.45, 7) is 6.04. The van der Waals surface area contributed by atoms with Crippen LogP contribution in [0.5, 0.6) is 0 Å². The Kier molecular flexibility index (Phi) is 12.5. The monoisotopic (exact) mass is 420 g/mol. The Morgan fingerprint density at radius 1 is 1.07 bits per heavy atom. The minimum absolute atomic E-state index is 0.0228. The van der Waals surface area contributed by atoms with Crippen LogP contribution in [0, 0.1) is 11.3 Å². The number of aliphatic hydroxyl groups excluding tert-OH is 3. The summed E-state index contributed by atoms with van der Waals surface area (Å²) in [6.07, 6.45) is 2.32. The molecule has 0 aliphatic carbocycles. The lowest BCUT2D eigenvalue weighted by atomic mass is 9.79. The highest BCUT2D eigenvalue weighted by molar-refractivity contribution is 5.78. The van der Waals surface area contributed by atoms with Crippen LogP contribution in [0.1, 0.15) is 33.6 Å². The van der Waals surface area contributed by atoms with Gasteiger partial charge < -0.3 is 34.0 Å². The molecule has 0 bridgehead atoms. The Morgan fingerprint density at radius 3 is 2.21 bits per heavy atom. The number of carbonyl (C=O) groups excluding carboxylic acids is 2. The van der Waals surface area contributed by atoms with E-state index in [0.717, 1.165) is 0 Å². The van der Waals surface area contributed by atoms with E-state index in [0.29, 0.717) is 30.4 Å². The molecule has 0 fully saturated rings. The lowest BCUT2D eigenvalue weighted by Crippen LogP contribution is -2.43. The molecule has 0 aliphatic heterocycles. The van der Waals surface area contributed by atoms with Crippen molar-refractivity contribution in [3.63, 3.8) is 0 Å². The lowest BCUT2D eigenvalue weighted by Gasteiger charge is -2.31. The van der Waals surface area contributed by atoms with Gasteiger partial charge in [0.15, 0.2) is 0 Å². The summed E-state index contributed by atoms with van der Waals surface area (Å²) < 4.78 is 15.7. The van der Waals surface area contributed by atoms with Crippen molar-refractivity contribution < 1.29 is 43.6 Å². The fraction of sp³-hybridized carbons (Fsp3) is 0.800. The second-order valence-electron chi connectivity index (χ2n) is 8.00. The molecule has 0 amide bonds. The van der Waals surface area contributed by atoms with E-state index in [1.807, 2.05) is 21.0 Å². The molecule has 0 rings (SSSR count). The second-order valence-corrected chi connectivity index (χ2v) is 8.00. The molecule has 0 aromatic heterocycles. The standard InChI is InChI=1S/C20H37NO8/c1-6-20(3,15-16(2)18(25)28-14-11-23)19(26)29-12-9-21(4,5)8-7-17(24)27-13-10-22/h7,16,22-23H,6,8-15H2,1-5H3/p+1. The Balaban J connectivity index is 4.61. The molecule has 0 spiro atoms. The zero-order chi connectivity index (χ0) is 22.5. The van der Waals surface area contributed by atoms with Gasteiger partial charge in [-0.2, -0.15) is 0 Å². The van der Waals surface area contributed by atoms with Gasteiger partial charge in [0.1, 0.15) is 32.9 Å². The molecule has 3 N–H and O–H groups in total. The van der Waals surface area contributed by atoms with E-state index in [2.05, 4.69) is 0 Å². The van der Waals surface area contributed by atoms with Crippen LogP contribution in [-0.2, 0) is 23.8 Å². The Bertz CT molecular complexity index is 535. The number of esters is 2. The van der Waals surface area contributed by atoms with E-state index in [-0.39, 0.29) is 44.9 Å². The lowest BCUT2D eigenvalue weighted by molar-refractivity contribution is -0.884. The maximum atomic E-state index is 12.6. The van der Waals surface area contributed by atoms with Gasteiger partial charge in [-0.05, 0) is 19.8 Å². The fourth-order valence-corrected chi connectivity index (χ4v) is 2.60. The maximum Gasteiger partial charge on any atom is 0.312 e. The molecule has 170 valence electrons. The number of rotatable bonds is 15. The molecule has 0 aliphatic rings. The molecular weight excluding hydrogens is 382 g/mol. The number of hydrogen-bond donors (Lipinski definition) is 3. The van der Waals surface area contributed by atoms with E-state index >= 15 is 0 Å². The number of ether oxygens (including phenoxy) is 3. The molecule has 2 atom stereocenters. The summed E-state index contributed by atoms with van der Waals surface area (Å²) in [5.74, 6) is -1.55. The van der Waals surface area contributed by atoms with Gasteiger partial charge >= 0.3 is 11.9 Å². The number of aliphatic hydroxyl groups is 3. The van der Waals surface area contributed by atoms with Gasteiger partial charge in [0, 0.05) is 0 Å².